The van der Waals surface area contributed by atoms with Crippen molar-refractivity contribution in [3.05, 3.63) is 58.0 Å². The van der Waals surface area contributed by atoms with E-state index in [4.69, 9.17) is 21.1 Å². The van der Waals surface area contributed by atoms with Crippen molar-refractivity contribution in [1.82, 2.24) is 4.90 Å². The van der Waals surface area contributed by atoms with Gasteiger partial charge in [0.05, 0.1) is 12.0 Å². The van der Waals surface area contributed by atoms with E-state index >= 15 is 0 Å². The van der Waals surface area contributed by atoms with E-state index in [1.807, 2.05) is 0 Å². The molecule has 3 amide bonds. The molecule has 0 saturated carbocycles. The Bertz CT molecular complexity index is 1080. The van der Waals surface area contributed by atoms with E-state index in [2.05, 4.69) is 5.32 Å². The number of esters is 1. The van der Waals surface area contributed by atoms with E-state index in [1.165, 1.54) is 26.2 Å². The van der Waals surface area contributed by atoms with Crippen molar-refractivity contribution in [1.29, 1.82) is 0 Å². The van der Waals surface area contributed by atoms with Gasteiger partial charge < -0.3 is 14.8 Å². The van der Waals surface area contributed by atoms with Gasteiger partial charge in [0, 0.05) is 17.6 Å². The summed E-state index contributed by atoms with van der Waals surface area (Å²) in [6.45, 7) is 0.853. The van der Waals surface area contributed by atoms with Crippen molar-refractivity contribution in [2.24, 2.45) is 0 Å². The average molecular weight is 461 g/mol. The summed E-state index contributed by atoms with van der Waals surface area (Å²) >= 11 is 6.54. The van der Waals surface area contributed by atoms with Crippen LogP contribution in [0.3, 0.4) is 0 Å². The van der Waals surface area contributed by atoms with Crippen LogP contribution < -0.4 is 14.8 Å². The molecule has 0 atom stereocenters. The topological polar surface area (TPSA) is 102 Å². The number of ether oxygens (including phenoxy) is 2. The Hall–Kier alpha value is -3.30. The Balaban J connectivity index is 1.71. The van der Waals surface area contributed by atoms with Crippen LogP contribution in [0, 0.1) is 0 Å². The van der Waals surface area contributed by atoms with Crippen molar-refractivity contribution in [2.75, 3.05) is 19.0 Å². The number of hydrogen-bond acceptors (Lipinski definition) is 7. The Morgan fingerprint density at radius 2 is 1.84 bits per heavy atom. The normalized spacial score (nSPS) is 14.7. The largest absolute Gasteiger partial charge is 0.493 e. The maximum atomic E-state index is 12.6. The van der Waals surface area contributed by atoms with Crippen LogP contribution in [0.4, 0.5) is 10.5 Å². The molecule has 0 radical (unpaired) electrons. The first kappa shape index (κ1) is 22.4. The van der Waals surface area contributed by atoms with Gasteiger partial charge >= 0.3 is 5.97 Å². The molecule has 1 aliphatic rings. The molecule has 0 aliphatic carbocycles. The van der Waals surface area contributed by atoms with Gasteiger partial charge in [-0.1, -0.05) is 17.7 Å². The number of halogens is 1. The number of amides is 3. The Morgan fingerprint density at radius 3 is 2.48 bits per heavy atom. The Morgan fingerprint density at radius 1 is 1.13 bits per heavy atom. The molecular weight excluding hydrogens is 444 g/mol. The van der Waals surface area contributed by atoms with Gasteiger partial charge in [-0.2, -0.15) is 0 Å². The molecule has 8 nitrogen and oxygen atoms in total. The molecule has 1 heterocycles. The number of carbonyl (C=O) groups excluding carboxylic acids is 4. The molecule has 0 bridgehead atoms. The minimum Gasteiger partial charge on any atom is -0.493 e. The van der Waals surface area contributed by atoms with Gasteiger partial charge in [-0.25, -0.2) is 0 Å². The number of carbonyl (C=O) groups is 4. The molecule has 2 aromatic carbocycles. The predicted octanol–water partition coefficient (Wildman–Crippen LogP) is 3.95. The molecule has 0 spiro atoms. The zero-order valence-corrected chi connectivity index (χ0v) is 18.1. The Kier molecular flexibility index (Phi) is 6.98. The monoisotopic (exact) mass is 460 g/mol. The molecule has 2 aromatic rings. The minimum absolute atomic E-state index is 0.159. The second-order valence-electron chi connectivity index (χ2n) is 6.33. The van der Waals surface area contributed by atoms with Gasteiger partial charge in [-0.05, 0) is 59.8 Å². The summed E-state index contributed by atoms with van der Waals surface area (Å²) in [5.41, 5.74) is 1.06. The fourth-order valence-corrected chi connectivity index (χ4v) is 3.64. The van der Waals surface area contributed by atoms with Gasteiger partial charge in [-0.3, -0.25) is 24.1 Å². The lowest BCUT2D eigenvalue weighted by Gasteiger charge is -2.12. The van der Waals surface area contributed by atoms with Crippen molar-refractivity contribution >= 4 is 58.1 Å². The van der Waals surface area contributed by atoms with Crippen molar-refractivity contribution in [3.8, 4) is 11.5 Å². The molecular formula is C21H17ClN2O6S. The van der Waals surface area contributed by atoms with Gasteiger partial charge in [0.1, 0.15) is 6.54 Å². The smallest absolute Gasteiger partial charge is 0.308 e. The van der Waals surface area contributed by atoms with Crippen LogP contribution in [0.2, 0.25) is 5.02 Å². The minimum atomic E-state index is -0.579. The number of rotatable bonds is 6. The van der Waals surface area contributed by atoms with Crippen molar-refractivity contribution < 1.29 is 28.7 Å². The molecule has 31 heavy (non-hydrogen) atoms. The maximum Gasteiger partial charge on any atom is 0.308 e. The second-order valence-corrected chi connectivity index (χ2v) is 7.76. The summed E-state index contributed by atoms with van der Waals surface area (Å²) in [6, 6.07) is 11.2. The summed E-state index contributed by atoms with van der Waals surface area (Å²) in [5.74, 6) is -1.06. The number of methoxy groups -OCH3 is 1. The quantitative estimate of drug-likeness (QED) is 0.395. The highest BCUT2D eigenvalue weighted by Gasteiger charge is 2.36. The van der Waals surface area contributed by atoms with Gasteiger partial charge in [0.25, 0.3) is 11.1 Å². The number of nitrogens with one attached hydrogen (secondary N) is 1. The zero-order valence-electron chi connectivity index (χ0n) is 16.5. The fourth-order valence-electron chi connectivity index (χ4n) is 2.68. The van der Waals surface area contributed by atoms with Gasteiger partial charge in [-0.15, -0.1) is 0 Å². The molecule has 0 aromatic heterocycles. The molecule has 0 unspecified atom stereocenters. The van der Waals surface area contributed by atoms with Crippen LogP contribution in [0.1, 0.15) is 12.5 Å². The van der Waals surface area contributed by atoms with Crippen LogP contribution in [0.25, 0.3) is 6.08 Å². The van der Waals surface area contributed by atoms with Crippen molar-refractivity contribution in [2.45, 2.75) is 6.92 Å². The number of hydrogen-bond donors (Lipinski definition) is 1. The lowest BCUT2D eigenvalue weighted by atomic mass is 10.2. The SMILES string of the molecule is COc1cc(/C=C2\SC(=O)N(CC(=O)Nc3ccc(Cl)cc3)C2=O)ccc1OC(C)=O. The second kappa shape index (κ2) is 9.67. The third-order valence-corrected chi connectivity index (χ3v) is 5.20. The van der Waals surface area contributed by atoms with Crippen LogP contribution in [-0.2, 0) is 14.4 Å². The first-order valence-electron chi connectivity index (χ1n) is 8.94. The number of imide groups is 1. The third kappa shape index (κ3) is 5.65. The standard InChI is InChI=1S/C21H17ClN2O6S/c1-12(25)30-16-8-3-13(9-17(16)29-2)10-18-20(27)24(21(28)31-18)11-19(26)23-15-6-4-14(22)5-7-15/h3-10H,11H2,1-2H3,(H,23,26)/b18-10-. The highest BCUT2D eigenvalue weighted by atomic mass is 35.5. The summed E-state index contributed by atoms with van der Waals surface area (Å²) < 4.78 is 10.2. The first-order chi connectivity index (χ1) is 14.8. The van der Waals surface area contributed by atoms with E-state index in [0.29, 0.717) is 22.0 Å². The van der Waals surface area contributed by atoms with Gasteiger partial charge in [0.2, 0.25) is 5.91 Å². The molecule has 1 aliphatic heterocycles. The molecule has 10 heteroatoms. The predicted molar refractivity (Wildman–Crippen MR) is 117 cm³/mol. The number of anilines is 1. The molecule has 3 rings (SSSR count). The lowest BCUT2D eigenvalue weighted by molar-refractivity contribution is -0.132. The maximum absolute atomic E-state index is 12.6. The highest BCUT2D eigenvalue weighted by Crippen LogP contribution is 2.34. The molecule has 1 saturated heterocycles. The molecule has 160 valence electrons. The van der Waals surface area contributed by atoms with E-state index in [-0.39, 0.29) is 10.7 Å². The van der Waals surface area contributed by atoms with Crippen LogP contribution in [0.15, 0.2) is 47.4 Å². The number of nitrogens with zero attached hydrogens (tertiary/aromatic N) is 1. The van der Waals surface area contributed by atoms with E-state index in [1.54, 1.807) is 36.4 Å². The van der Waals surface area contributed by atoms with E-state index in [0.717, 1.165) is 16.7 Å². The number of benzene rings is 2. The van der Waals surface area contributed by atoms with Gasteiger partial charge in [0.15, 0.2) is 11.5 Å². The highest BCUT2D eigenvalue weighted by molar-refractivity contribution is 8.18. The Labute approximate surface area is 187 Å². The summed E-state index contributed by atoms with van der Waals surface area (Å²) in [7, 11) is 1.42. The summed E-state index contributed by atoms with van der Waals surface area (Å²) in [6.07, 6.45) is 1.50. The summed E-state index contributed by atoms with van der Waals surface area (Å²) in [5, 5.41) is 2.58. The zero-order chi connectivity index (χ0) is 22.5. The van der Waals surface area contributed by atoms with Crippen molar-refractivity contribution in [3.63, 3.8) is 0 Å². The van der Waals surface area contributed by atoms with Crippen LogP contribution >= 0.6 is 23.4 Å². The number of thioether (sulfide) groups is 1. The lowest BCUT2D eigenvalue weighted by Crippen LogP contribution is -2.36. The third-order valence-electron chi connectivity index (χ3n) is 4.04. The average Bonchev–Trinajstić information content (AvgIpc) is 2.97. The fraction of sp³-hybridized carbons (Fsp3) is 0.143. The summed E-state index contributed by atoms with van der Waals surface area (Å²) in [4.78, 5) is 49.3. The first-order valence-corrected chi connectivity index (χ1v) is 10.1. The molecule has 1 fully saturated rings. The van der Waals surface area contributed by atoms with Crippen LogP contribution in [-0.4, -0.2) is 41.6 Å². The van der Waals surface area contributed by atoms with E-state index < -0.39 is 29.6 Å². The molecule has 1 N–H and O–H groups in total. The van der Waals surface area contributed by atoms with Crippen LogP contribution in [0.5, 0.6) is 11.5 Å². The van der Waals surface area contributed by atoms with E-state index in [9.17, 15) is 19.2 Å².